The molecule has 0 aliphatic heterocycles. The molecule has 2 rings (SSSR count). The summed E-state index contributed by atoms with van der Waals surface area (Å²) in [6, 6.07) is 8.62. The zero-order valence-electron chi connectivity index (χ0n) is 12.4. The van der Waals surface area contributed by atoms with Gasteiger partial charge >= 0.3 is 0 Å². The zero-order valence-corrected chi connectivity index (χ0v) is 14.0. The number of hydrogen-bond acceptors (Lipinski definition) is 3. The summed E-state index contributed by atoms with van der Waals surface area (Å²) in [4.78, 5) is 11.9. The van der Waals surface area contributed by atoms with E-state index in [9.17, 15) is 17.6 Å². The van der Waals surface area contributed by atoms with Crippen LogP contribution in [0.2, 0.25) is 5.02 Å². The Balaban J connectivity index is 2.31. The van der Waals surface area contributed by atoms with Crippen molar-refractivity contribution in [1.29, 1.82) is 0 Å². The van der Waals surface area contributed by atoms with Gasteiger partial charge in [-0.3, -0.25) is 9.52 Å². The third kappa shape index (κ3) is 4.33. The SMILES string of the molecule is C=CCNC(=O)c1cc(S(=O)(=O)Nc2ccc(F)cc2)ccc1Cl. The molecule has 24 heavy (non-hydrogen) atoms. The van der Waals surface area contributed by atoms with Crippen LogP contribution in [0.15, 0.2) is 60.0 Å². The summed E-state index contributed by atoms with van der Waals surface area (Å²) in [5.41, 5.74) is 0.226. The molecule has 0 aliphatic rings. The number of rotatable bonds is 6. The minimum Gasteiger partial charge on any atom is -0.349 e. The Morgan fingerprint density at radius 3 is 2.50 bits per heavy atom. The van der Waals surface area contributed by atoms with E-state index >= 15 is 0 Å². The average Bonchev–Trinajstić information content (AvgIpc) is 2.54. The number of hydrogen-bond donors (Lipinski definition) is 2. The smallest absolute Gasteiger partial charge is 0.261 e. The van der Waals surface area contributed by atoms with E-state index < -0.39 is 21.7 Å². The van der Waals surface area contributed by atoms with Crippen molar-refractivity contribution in [3.8, 4) is 0 Å². The largest absolute Gasteiger partial charge is 0.349 e. The topological polar surface area (TPSA) is 75.3 Å². The Hall–Kier alpha value is -2.38. The molecule has 0 saturated heterocycles. The van der Waals surface area contributed by atoms with E-state index in [1.165, 1.54) is 36.4 Å². The second-order valence-corrected chi connectivity index (χ2v) is 6.84. The van der Waals surface area contributed by atoms with Gasteiger partial charge in [0.05, 0.1) is 15.5 Å². The summed E-state index contributed by atoms with van der Waals surface area (Å²) in [7, 11) is -3.95. The van der Waals surface area contributed by atoms with Gasteiger partial charge in [-0.15, -0.1) is 6.58 Å². The van der Waals surface area contributed by atoms with Crippen LogP contribution in [-0.2, 0) is 10.0 Å². The fraction of sp³-hybridized carbons (Fsp3) is 0.0625. The van der Waals surface area contributed by atoms with Gasteiger partial charge in [0, 0.05) is 12.2 Å². The van der Waals surface area contributed by atoms with E-state index in [1.807, 2.05) is 0 Å². The Labute approximate surface area is 144 Å². The first-order chi connectivity index (χ1) is 11.3. The number of carbonyl (C=O) groups excluding carboxylic acids is 1. The van der Waals surface area contributed by atoms with Gasteiger partial charge in [0.15, 0.2) is 0 Å². The lowest BCUT2D eigenvalue weighted by Crippen LogP contribution is -2.24. The third-order valence-corrected chi connectivity index (χ3v) is 4.70. The van der Waals surface area contributed by atoms with Crippen molar-refractivity contribution in [2.75, 3.05) is 11.3 Å². The first-order valence-corrected chi connectivity index (χ1v) is 8.66. The molecule has 0 aliphatic carbocycles. The summed E-state index contributed by atoms with van der Waals surface area (Å²) in [6.07, 6.45) is 1.49. The highest BCUT2D eigenvalue weighted by Gasteiger charge is 2.18. The van der Waals surface area contributed by atoms with Crippen molar-refractivity contribution >= 4 is 33.2 Å². The molecule has 0 heterocycles. The van der Waals surface area contributed by atoms with Gasteiger partial charge in [-0.05, 0) is 42.5 Å². The van der Waals surface area contributed by atoms with Crippen molar-refractivity contribution < 1.29 is 17.6 Å². The number of halogens is 2. The molecule has 0 radical (unpaired) electrons. The molecular formula is C16H14ClFN2O3S. The molecule has 8 heteroatoms. The summed E-state index contributed by atoms with van der Waals surface area (Å²) in [6.45, 7) is 3.70. The van der Waals surface area contributed by atoms with Crippen LogP contribution in [0.3, 0.4) is 0 Å². The molecule has 0 atom stereocenters. The Morgan fingerprint density at radius 2 is 1.88 bits per heavy atom. The van der Waals surface area contributed by atoms with Gasteiger partial charge in [-0.1, -0.05) is 17.7 Å². The van der Waals surface area contributed by atoms with Crippen molar-refractivity contribution in [2.45, 2.75) is 4.90 Å². The summed E-state index contributed by atoms with van der Waals surface area (Å²) in [5.74, 6) is -0.996. The quantitative estimate of drug-likeness (QED) is 0.769. The van der Waals surface area contributed by atoms with Crippen LogP contribution >= 0.6 is 11.6 Å². The number of carbonyl (C=O) groups is 1. The molecule has 0 aromatic heterocycles. The first kappa shape index (κ1) is 18.0. The van der Waals surface area contributed by atoms with Gasteiger partial charge in [-0.25, -0.2) is 12.8 Å². The highest BCUT2D eigenvalue weighted by molar-refractivity contribution is 7.92. The fourth-order valence-corrected chi connectivity index (χ4v) is 3.13. The monoisotopic (exact) mass is 368 g/mol. The molecule has 0 bridgehead atoms. The van der Waals surface area contributed by atoms with Crippen LogP contribution in [-0.4, -0.2) is 20.9 Å². The molecule has 0 fully saturated rings. The highest BCUT2D eigenvalue weighted by Crippen LogP contribution is 2.22. The lowest BCUT2D eigenvalue weighted by Gasteiger charge is -2.10. The van der Waals surface area contributed by atoms with Crippen LogP contribution in [0.1, 0.15) is 10.4 Å². The van der Waals surface area contributed by atoms with Crippen LogP contribution in [0.25, 0.3) is 0 Å². The molecule has 5 nitrogen and oxygen atoms in total. The Morgan fingerprint density at radius 1 is 1.21 bits per heavy atom. The molecule has 2 aromatic carbocycles. The molecule has 0 spiro atoms. The maximum atomic E-state index is 12.9. The third-order valence-electron chi connectivity index (χ3n) is 3.00. The molecule has 2 N–H and O–H groups in total. The predicted molar refractivity (Wildman–Crippen MR) is 91.2 cm³/mol. The van der Waals surface area contributed by atoms with Gasteiger partial charge in [-0.2, -0.15) is 0 Å². The second kappa shape index (κ2) is 7.46. The Bertz CT molecular complexity index is 867. The van der Waals surface area contributed by atoms with E-state index in [2.05, 4.69) is 16.6 Å². The van der Waals surface area contributed by atoms with Gasteiger partial charge in [0.25, 0.3) is 15.9 Å². The molecule has 126 valence electrons. The maximum absolute atomic E-state index is 12.9. The van der Waals surface area contributed by atoms with E-state index in [0.29, 0.717) is 0 Å². The molecular weight excluding hydrogens is 355 g/mol. The second-order valence-electron chi connectivity index (χ2n) is 4.75. The van der Waals surface area contributed by atoms with E-state index in [-0.39, 0.29) is 27.7 Å². The molecule has 0 saturated carbocycles. The number of anilines is 1. The standard InChI is InChI=1S/C16H14ClFN2O3S/c1-2-9-19-16(21)14-10-13(7-8-15(14)17)24(22,23)20-12-5-3-11(18)4-6-12/h2-8,10,20H,1,9H2,(H,19,21). The van der Waals surface area contributed by atoms with Crippen molar-refractivity contribution in [3.63, 3.8) is 0 Å². The number of amides is 1. The number of sulfonamides is 1. The van der Waals surface area contributed by atoms with Crippen LogP contribution in [0.5, 0.6) is 0 Å². The Kier molecular flexibility index (Phi) is 5.58. The lowest BCUT2D eigenvalue weighted by atomic mass is 10.2. The van der Waals surface area contributed by atoms with Gasteiger partial charge in [0.2, 0.25) is 0 Å². The predicted octanol–water partition coefficient (Wildman–Crippen LogP) is 3.20. The highest BCUT2D eigenvalue weighted by atomic mass is 35.5. The van der Waals surface area contributed by atoms with E-state index in [4.69, 9.17) is 11.6 Å². The van der Waals surface area contributed by atoms with Crippen LogP contribution in [0.4, 0.5) is 10.1 Å². The maximum Gasteiger partial charge on any atom is 0.261 e. The van der Waals surface area contributed by atoms with Crippen molar-refractivity contribution in [2.24, 2.45) is 0 Å². The molecule has 2 aromatic rings. The van der Waals surface area contributed by atoms with Crippen LogP contribution < -0.4 is 10.0 Å². The lowest BCUT2D eigenvalue weighted by molar-refractivity contribution is 0.0958. The average molecular weight is 369 g/mol. The molecule has 1 amide bonds. The fourth-order valence-electron chi connectivity index (χ4n) is 1.84. The van der Waals surface area contributed by atoms with Crippen LogP contribution in [0, 0.1) is 5.82 Å². The summed E-state index contributed by atoms with van der Waals surface area (Å²) >= 11 is 5.95. The summed E-state index contributed by atoms with van der Waals surface area (Å²) in [5, 5.41) is 2.65. The van der Waals surface area contributed by atoms with Crippen molar-refractivity contribution in [1.82, 2.24) is 5.32 Å². The first-order valence-electron chi connectivity index (χ1n) is 6.80. The summed E-state index contributed by atoms with van der Waals surface area (Å²) < 4.78 is 40.0. The van der Waals surface area contributed by atoms with Gasteiger partial charge in [0.1, 0.15) is 5.82 Å². The minimum absolute atomic E-state index is 0.0282. The van der Waals surface area contributed by atoms with E-state index in [1.54, 1.807) is 0 Å². The number of benzene rings is 2. The molecule has 0 unspecified atom stereocenters. The van der Waals surface area contributed by atoms with Crippen molar-refractivity contribution in [3.05, 3.63) is 71.5 Å². The number of nitrogens with one attached hydrogen (secondary N) is 2. The minimum atomic E-state index is -3.95. The zero-order chi connectivity index (χ0) is 17.7. The van der Waals surface area contributed by atoms with Gasteiger partial charge < -0.3 is 5.32 Å². The van der Waals surface area contributed by atoms with E-state index in [0.717, 1.165) is 12.1 Å². The normalized spacial score (nSPS) is 10.9.